The van der Waals surface area contributed by atoms with Crippen molar-refractivity contribution in [3.05, 3.63) is 0 Å². The zero-order valence-corrected chi connectivity index (χ0v) is 10.9. The number of rotatable bonds is 5. The van der Waals surface area contributed by atoms with Crippen LogP contribution in [0.4, 0.5) is 8.78 Å². The zero-order chi connectivity index (χ0) is 13.0. The van der Waals surface area contributed by atoms with Gasteiger partial charge in [-0.25, -0.2) is 13.5 Å². The molecule has 0 radical (unpaired) electrons. The predicted octanol–water partition coefficient (Wildman–Crippen LogP) is 1.55. The van der Waals surface area contributed by atoms with Crippen LogP contribution in [0.5, 0.6) is 0 Å². The molecule has 0 aliphatic heterocycles. The molecule has 8 heteroatoms. The number of halogens is 2. The van der Waals surface area contributed by atoms with Crippen LogP contribution < -0.4 is 5.73 Å². The Bertz CT molecular complexity index is 384. The fourth-order valence-corrected chi connectivity index (χ4v) is 3.21. The fraction of sp³-hybridized carbons (Fsp3) is 0.900. The normalized spacial score (nSPS) is 23.2. The Balaban J connectivity index is 1.85. The average Bonchev–Trinajstić information content (AvgIpc) is 2.73. The second-order valence-electron chi connectivity index (χ2n) is 4.60. The summed E-state index contributed by atoms with van der Waals surface area (Å²) in [5.41, 5.74) is 5.44. The molecule has 0 spiro atoms. The number of alkyl halides is 2. The Kier molecular flexibility index (Phi) is 4.50. The van der Waals surface area contributed by atoms with Crippen molar-refractivity contribution in [3.63, 3.8) is 0 Å². The highest BCUT2D eigenvalue weighted by molar-refractivity contribution is 7.99. The largest absolute Gasteiger partial charge is 0.329 e. The molecule has 1 unspecified atom stereocenters. The Morgan fingerprint density at radius 2 is 2.33 bits per heavy atom. The number of nitrogens with zero attached hydrogens (tertiary/aromatic N) is 4. The number of nitrogens with two attached hydrogens (primary N) is 1. The van der Waals surface area contributed by atoms with Gasteiger partial charge < -0.3 is 5.73 Å². The molecule has 0 bridgehead atoms. The quantitative estimate of drug-likeness (QED) is 0.827. The van der Waals surface area contributed by atoms with E-state index in [2.05, 4.69) is 15.5 Å². The molecule has 1 aromatic rings. The van der Waals surface area contributed by atoms with Crippen LogP contribution in [0.1, 0.15) is 25.7 Å². The third-order valence-electron chi connectivity index (χ3n) is 3.03. The molecule has 1 atom stereocenters. The number of hydrogen-bond acceptors (Lipinski definition) is 5. The van der Waals surface area contributed by atoms with Crippen LogP contribution >= 0.6 is 11.8 Å². The van der Waals surface area contributed by atoms with Crippen molar-refractivity contribution < 1.29 is 8.78 Å². The smallest absolute Gasteiger partial charge is 0.248 e. The van der Waals surface area contributed by atoms with E-state index in [1.54, 1.807) is 4.68 Å². The van der Waals surface area contributed by atoms with E-state index in [0.717, 1.165) is 6.42 Å². The van der Waals surface area contributed by atoms with Crippen molar-refractivity contribution in [1.29, 1.82) is 0 Å². The van der Waals surface area contributed by atoms with E-state index in [1.807, 2.05) is 0 Å². The maximum atomic E-state index is 13.2. The lowest BCUT2D eigenvalue weighted by atomic mass is 9.88. The van der Waals surface area contributed by atoms with Gasteiger partial charge in [0.1, 0.15) is 0 Å². The highest BCUT2D eigenvalue weighted by Crippen LogP contribution is 2.38. The number of hydrogen-bond donors (Lipinski definition) is 1. The van der Waals surface area contributed by atoms with Crippen LogP contribution in [0.3, 0.4) is 0 Å². The first-order valence-electron chi connectivity index (χ1n) is 6.07. The fourth-order valence-electron chi connectivity index (χ4n) is 2.17. The van der Waals surface area contributed by atoms with Gasteiger partial charge in [0.25, 0.3) is 0 Å². The molecular weight excluding hydrogens is 260 g/mol. The summed E-state index contributed by atoms with van der Waals surface area (Å²) in [5, 5.41) is 11.9. The third-order valence-corrected chi connectivity index (χ3v) is 4.22. The number of thioether (sulfide) groups is 1. The minimum atomic E-state index is -2.49. The maximum Gasteiger partial charge on any atom is 0.248 e. The summed E-state index contributed by atoms with van der Waals surface area (Å²) >= 11 is 1.44. The lowest BCUT2D eigenvalue weighted by molar-refractivity contribution is -0.0487. The summed E-state index contributed by atoms with van der Waals surface area (Å²) in [6, 6.07) is 0. The van der Waals surface area contributed by atoms with Crippen molar-refractivity contribution in [2.45, 2.75) is 43.3 Å². The van der Waals surface area contributed by atoms with Crippen LogP contribution in [0, 0.1) is 5.92 Å². The van der Waals surface area contributed by atoms with Crippen LogP contribution in [-0.4, -0.2) is 38.4 Å². The van der Waals surface area contributed by atoms with Crippen molar-refractivity contribution in [3.8, 4) is 0 Å². The molecule has 1 fully saturated rings. The van der Waals surface area contributed by atoms with Crippen molar-refractivity contribution in [1.82, 2.24) is 20.2 Å². The lowest BCUT2D eigenvalue weighted by Crippen LogP contribution is -2.27. The molecule has 102 valence electrons. The molecule has 0 amide bonds. The molecule has 1 saturated carbocycles. The first kappa shape index (κ1) is 13.7. The number of tetrazole rings is 1. The van der Waals surface area contributed by atoms with Crippen LogP contribution in [0.2, 0.25) is 0 Å². The zero-order valence-electron chi connectivity index (χ0n) is 10.1. The van der Waals surface area contributed by atoms with Crippen molar-refractivity contribution in [2.24, 2.45) is 11.7 Å². The van der Waals surface area contributed by atoms with E-state index >= 15 is 0 Å². The molecule has 1 aromatic heterocycles. The van der Waals surface area contributed by atoms with Gasteiger partial charge in [0.2, 0.25) is 11.1 Å². The van der Waals surface area contributed by atoms with Gasteiger partial charge in [-0.1, -0.05) is 11.8 Å². The summed E-state index contributed by atoms with van der Waals surface area (Å²) < 4.78 is 28.1. The Hall–Kier alpha value is -0.760. The van der Waals surface area contributed by atoms with E-state index < -0.39 is 5.92 Å². The van der Waals surface area contributed by atoms with Gasteiger partial charge in [-0.05, 0) is 29.2 Å². The topological polar surface area (TPSA) is 69.6 Å². The third kappa shape index (κ3) is 3.61. The molecule has 1 heterocycles. The lowest BCUT2D eigenvalue weighted by Gasteiger charge is -2.28. The highest BCUT2D eigenvalue weighted by Gasteiger charge is 2.36. The van der Waals surface area contributed by atoms with Gasteiger partial charge in [0, 0.05) is 25.1 Å². The Labute approximate surface area is 108 Å². The van der Waals surface area contributed by atoms with Crippen LogP contribution in [0.25, 0.3) is 0 Å². The molecule has 5 nitrogen and oxygen atoms in total. The molecule has 18 heavy (non-hydrogen) atoms. The molecule has 0 saturated heterocycles. The Morgan fingerprint density at radius 1 is 1.50 bits per heavy atom. The van der Waals surface area contributed by atoms with Gasteiger partial charge in [-0.15, -0.1) is 5.10 Å². The molecular formula is C10H17F2N5S. The monoisotopic (exact) mass is 277 g/mol. The molecule has 2 N–H and O–H groups in total. The summed E-state index contributed by atoms with van der Waals surface area (Å²) in [7, 11) is 0. The van der Waals surface area contributed by atoms with Crippen LogP contribution in [-0.2, 0) is 6.54 Å². The van der Waals surface area contributed by atoms with E-state index in [9.17, 15) is 8.78 Å². The first-order chi connectivity index (χ1) is 8.61. The average molecular weight is 277 g/mol. The molecule has 1 aliphatic rings. The molecule has 0 aromatic carbocycles. The predicted molar refractivity (Wildman–Crippen MR) is 64.5 cm³/mol. The summed E-state index contributed by atoms with van der Waals surface area (Å²) in [5.74, 6) is -1.81. The second kappa shape index (κ2) is 5.92. The first-order valence-corrected chi connectivity index (χ1v) is 7.06. The van der Waals surface area contributed by atoms with Crippen molar-refractivity contribution >= 4 is 11.8 Å². The van der Waals surface area contributed by atoms with E-state index in [1.165, 1.54) is 11.8 Å². The minimum Gasteiger partial charge on any atom is -0.329 e. The van der Waals surface area contributed by atoms with Gasteiger partial charge >= 0.3 is 0 Å². The number of aromatic nitrogens is 4. The summed E-state index contributed by atoms with van der Waals surface area (Å²) in [6.45, 7) is 1.01. The van der Waals surface area contributed by atoms with Gasteiger partial charge in [-0.2, -0.15) is 0 Å². The minimum absolute atomic E-state index is 0.0154. The van der Waals surface area contributed by atoms with Gasteiger partial charge in [0.05, 0.1) is 6.54 Å². The second-order valence-corrected chi connectivity index (χ2v) is 5.59. The molecule has 1 aliphatic carbocycles. The van der Waals surface area contributed by atoms with E-state index in [0.29, 0.717) is 30.4 Å². The summed E-state index contributed by atoms with van der Waals surface area (Å²) in [4.78, 5) is 0. The maximum absolute atomic E-state index is 13.2. The van der Waals surface area contributed by atoms with Crippen molar-refractivity contribution in [2.75, 3.05) is 12.3 Å². The van der Waals surface area contributed by atoms with E-state index in [-0.39, 0.29) is 18.8 Å². The van der Waals surface area contributed by atoms with Gasteiger partial charge in [0.15, 0.2) is 0 Å². The van der Waals surface area contributed by atoms with Gasteiger partial charge in [-0.3, -0.25) is 0 Å². The van der Waals surface area contributed by atoms with Crippen LogP contribution in [0.15, 0.2) is 5.16 Å². The Morgan fingerprint density at radius 3 is 3.06 bits per heavy atom. The summed E-state index contributed by atoms with van der Waals surface area (Å²) in [6.07, 6.45) is 1.48. The highest BCUT2D eigenvalue weighted by atomic mass is 32.2. The van der Waals surface area contributed by atoms with E-state index in [4.69, 9.17) is 5.73 Å². The molecule has 2 rings (SSSR count). The SMILES string of the molecule is NCCn1nnnc1SCC1CCCC(F)(F)C1. The standard InChI is InChI=1S/C10H17F2N5S/c11-10(12)3-1-2-8(6-10)7-18-9-14-15-16-17(9)5-4-13/h8H,1-7,13H2.